The van der Waals surface area contributed by atoms with Gasteiger partial charge in [-0.25, -0.2) is 0 Å². The molecule has 3 rings (SSSR count). The Morgan fingerprint density at radius 3 is 1.70 bits per heavy atom. The van der Waals surface area contributed by atoms with Gasteiger partial charge in [0.1, 0.15) is 0 Å². The van der Waals surface area contributed by atoms with Gasteiger partial charge in [0.05, 0.1) is 13.1 Å². The molecule has 0 aromatic heterocycles. The number of nitrogens with two attached hydrogens (primary N) is 1. The number of allylic oxidation sites excluding steroid dienone is 2. The van der Waals surface area contributed by atoms with Gasteiger partial charge in [0.15, 0.2) is 0 Å². The second-order valence-corrected chi connectivity index (χ2v) is 5.93. The van der Waals surface area contributed by atoms with E-state index in [1.54, 1.807) is 12.4 Å². The zero-order valence-corrected chi connectivity index (χ0v) is 16.9. The van der Waals surface area contributed by atoms with Crippen LogP contribution in [0.4, 0.5) is 11.4 Å². The minimum Gasteiger partial charge on any atom is -0.665 e. The average molecular weight is 462 g/mol. The molecule has 0 atom stereocenters. The molecule has 7 N–H and O–H groups in total. The number of carbonyl (C=O) groups excluding carboxylic acids is 1. The normalized spacial score (nSPS) is 11.9. The van der Waals surface area contributed by atoms with Crippen LogP contribution in [0, 0.1) is 0 Å². The van der Waals surface area contributed by atoms with Crippen LogP contribution in [-0.4, -0.2) is 52.6 Å². The largest absolute Gasteiger partial charge is 0.665 e. The van der Waals surface area contributed by atoms with Crippen LogP contribution in [0.3, 0.4) is 0 Å². The van der Waals surface area contributed by atoms with Crippen LogP contribution in [0.15, 0.2) is 36.7 Å². The van der Waals surface area contributed by atoms with Crippen molar-refractivity contribution in [3.63, 3.8) is 0 Å². The molecule has 1 amide bonds. The molecule has 0 unspecified atom stereocenters. The number of rotatable bonds is 7. The second kappa shape index (κ2) is 13.2. The first-order chi connectivity index (χ1) is 13.4. The maximum absolute atomic E-state index is 10.4. The molecule has 2 aliphatic rings. The fraction of sp³-hybridized carbons (Fsp3) is 0.211. The Kier molecular flexibility index (Phi) is 11.8. The van der Waals surface area contributed by atoms with Crippen molar-refractivity contribution in [1.82, 2.24) is 4.90 Å². The molecule has 0 bridgehead atoms. The predicted octanol–water partition coefficient (Wildman–Crippen LogP) is -0.279. The van der Waals surface area contributed by atoms with Crippen molar-refractivity contribution < 1.29 is 46.9 Å². The van der Waals surface area contributed by atoms with Gasteiger partial charge in [-0.1, -0.05) is 36.4 Å². The fourth-order valence-electron chi connectivity index (χ4n) is 2.54. The molecule has 2 heterocycles. The van der Waals surface area contributed by atoms with Crippen molar-refractivity contribution in [2.75, 3.05) is 19.6 Å². The van der Waals surface area contributed by atoms with E-state index in [1.807, 2.05) is 12.2 Å². The van der Waals surface area contributed by atoms with Crippen LogP contribution >= 0.6 is 0 Å². The van der Waals surface area contributed by atoms with Crippen LogP contribution < -0.4 is 16.2 Å². The average Bonchev–Trinajstić information content (AvgIpc) is 2.66. The van der Waals surface area contributed by atoms with E-state index >= 15 is 0 Å². The first-order valence-corrected chi connectivity index (χ1v) is 8.39. The first kappa shape index (κ1) is 26.9. The maximum atomic E-state index is 10.4. The third-order valence-electron chi connectivity index (χ3n) is 3.74. The molecule has 165 valence electrons. The van der Waals surface area contributed by atoms with Gasteiger partial charge in [0, 0.05) is 29.7 Å². The van der Waals surface area contributed by atoms with Crippen molar-refractivity contribution in [3.05, 3.63) is 57.8 Å². The number of primary amides is 1. The van der Waals surface area contributed by atoms with E-state index in [1.165, 1.54) is 0 Å². The topological polar surface area (TPSA) is 182 Å². The van der Waals surface area contributed by atoms with E-state index in [9.17, 15) is 14.4 Å². The summed E-state index contributed by atoms with van der Waals surface area (Å²) in [6.45, 7) is -0.799. The molecule has 10 nitrogen and oxygen atoms in total. The molecule has 0 saturated heterocycles. The van der Waals surface area contributed by atoms with Crippen LogP contribution in [0.1, 0.15) is 6.42 Å². The van der Waals surface area contributed by atoms with E-state index < -0.39 is 30.9 Å². The van der Waals surface area contributed by atoms with Crippen LogP contribution in [0.25, 0.3) is 22.8 Å². The standard InChI is InChI=1S/C12H8N2.C7H12N2O5.Co.H2O/c1-3-9-5-6-10-4-2-8-14-12(10)11(9)13-7-1;8-5(10)1-2-9(3-6(11)12)4-7(13)14;;/h1-8H;1-4H2,(H2,8,10)(H,11,12)(H,13,14);;1H2/q-2;;;/p+1. The Morgan fingerprint density at radius 1 is 0.900 bits per heavy atom. The summed E-state index contributed by atoms with van der Waals surface area (Å²) < 4.78 is 0. The molecule has 0 spiro atoms. The van der Waals surface area contributed by atoms with E-state index in [0.29, 0.717) is 0 Å². The molecule has 30 heavy (non-hydrogen) atoms. The number of carbonyl (C=O) groups is 3. The summed E-state index contributed by atoms with van der Waals surface area (Å²) >= 11 is 0. The Balaban J connectivity index is 0.000000526. The molecular weight excluding hydrogens is 439 g/mol. The number of benzene rings is 1. The molecule has 0 saturated carbocycles. The molecule has 1 radical (unpaired) electrons. The quantitative estimate of drug-likeness (QED) is 0.468. The van der Waals surface area contributed by atoms with Gasteiger partial charge in [-0.05, 0) is 10.4 Å². The number of aliphatic carboxylic acids is 2. The summed E-state index contributed by atoms with van der Waals surface area (Å²) in [6, 6.07) is 4.15. The van der Waals surface area contributed by atoms with Crippen molar-refractivity contribution in [2.45, 2.75) is 6.42 Å². The number of hydrogen-bond acceptors (Lipinski definition) is 4. The van der Waals surface area contributed by atoms with Crippen LogP contribution in [0.2, 0.25) is 0 Å². The SMILES string of the molecule is C1=C[N-]c2c3c(ccc2=C1)=CC=C[N-]3.NC(=O)CCN(CC(=O)O)CC(=O)O.[Co].[OH3+]. The molecule has 2 aliphatic heterocycles. The molecule has 1 aromatic carbocycles. The summed E-state index contributed by atoms with van der Waals surface area (Å²) in [5, 5.41) is 27.8. The number of carboxylic acid groups (broad SMARTS) is 2. The molecule has 0 fully saturated rings. The second-order valence-electron chi connectivity index (χ2n) is 5.93. The van der Waals surface area contributed by atoms with Crippen molar-refractivity contribution in [1.29, 1.82) is 0 Å². The molecule has 0 aliphatic carbocycles. The third kappa shape index (κ3) is 8.49. The van der Waals surface area contributed by atoms with Crippen LogP contribution in [-0.2, 0) is 36.6 Å². The number of carboxylic acids is 2. The summed E-state index contributed by atoms with van der Waals surface area (Å²) in [5.74, 6) is -2.88. The number of hydrogen-bond donors (Lipinski definition) is 3. The number of amides is 1. The van der Waals surface area contributed by atoms with Gasteiger partial charge in [-0.15, -0.1) is 11.4 Å². The van der Waals surface area contributed by atoms with E-state index in [4.69, 9.17) is 15.9 Å². The van der Waals surface area contributed by atoms with E-state index in [0.717, 1.165) is 26.7 Å². The minimum absolute atomic E-state index is 0. The predicted molar refractivity (Wildman–Crippen MR) is 109 cm³/mol. The zero-order chi connectivity index (χ0) is 20.5. The Labute approximate surface area is 182 Å². The van der Waals surface area contributed by atoms with Gasteiger partial charge in [-0.2, -0.15) is 12.4 Å². The maximum Gasteiger partial charge on any atom is 0.317 e. The fourth-order valence-corrected chi connectivity index (χ4v) is 2.54. The smallest absolute Gasteiger partial charge is 0.317 e. The van der Waals surface area contributed by atoms with Gasteiger partial charge >= 0.3 is 11.9 Å². The Bertz CT molecular complexity index is 878. The van der Waals surface area contributed by atoms with E-state index in [2.05, 4.69) is 34.9 Å². The van der Waals surface area contributed by atoms with Gasteiger partial charge in [-0.3, -0.25) is 19.3 Å². The van der Waals surface area contributed by atoms with Gasteiger partial charge in [0.2, 0.25) is 5.91 Å². The van der Waals surface area contributed by atoms with Crippen molar-refractivity contribution >= 4 is 41.4 Å². The zero-order valence-electron chi connectivity index (χ0n) is 15.9. The Morgan fingerprint density at radius 2 is 1.33 bits per heavy atom. The minimum atomic E-state index is -1.14. The third-order valence-corrected chi connectivity index (χ3v) is 3.74. The first-order valence-electron chi connectivity index (χ1n) is 8.39. The number of nitrogens with zero attached hydrogens (tertiary/aromatic N) is 3. The van der Waals surface area contributed by atoms with E-state index in [-0.39, 0.29) is 35.2 Å². The van der Waals surface area contributed by atoms with Crippen molar-refractivity contribution in [3.8, 4) is 0 Å². The molecule has 1 aromatic rings. The monoisotopic (exact) mass is 462 g/mol. The van der Waals surface area contributed by atoms with Gasteiger partial charge < -0.3 is 32.1 Å². The Hall–Kier alpha value is -3.12. The van der Waals surface area contributed by atoms with Gasteiger partial charge in [0.25, 0.3) is 0 Å². The molecule has 11 heteroatoms. The number of fused-ring (bicyclic) bond motifs is 3. The van der Waals surface area contributed by atoms with Crippen LogP contribution in [0.5, 0.6) is 0 Å². The molecular formula is C19H23CoN4O6-. The van der Waals surface area contributed by atoms with Crippen molar-refractivity contribution in [2.24, 2.45) is 5.73 Å². The summed E-state index contributed by atoms with van der Waals surface area (Å²) in [5.41, 5.74) is 6.80. The summed E-state index contributed by atoms with van der Waals surface area (Å²) in [7, 11) is 0. The summed E-state index contributed by atoms with van der Waals surface area (Å²) in [4.78, 5) is 32.1. The summed E-state index contributed by atoms with van der Waals surface area (Å²) in [6.07, 6.45) is 11.5.